The molecular weight excluding hydrogens is 276 g/mol. The van der Waals surface area contributed by atoms with E-state index in [0.29, 0.717) is 9.88 Å². The van der Waals surface area contributed by atoms with Crippen LogP contribution in [0.4, 0.5) is 5.00 Å². The molecule has 106 valence electrons. The number of carbonyl (C=O) groups is 2. The Morgan fingerprint density at radius 3 is 2.85 bits per heavy atom. The van der Waals surface area contributed by atoms with Crippen LogP contribution in [0.1, 0.15) is 41.8 Å². The lowest BCUT2D eigenvalue weighted by atomic mass is 10.2. The van der Waals surface area contributed by atoms with Crippen molar-refractivity contribution < 1.29 is 9.59 Å². The van der Waals surface area contributed by atoms with Gasteiger partial charge in [-0.25, -0.2) is 4.98 Å². The van der Waals surface area contributed by atoms with Crippen molar-refractivity contribution in [2.45, 2.75) is 26.3 Å². The van der Waals surface area contributed by atoms with Gasteiger partial charge in [0.05, 0.1) is 15.9 Å². The lowest BCUT2D eigenvalue weighted by Crippen LogP contribution is -2.28. The van der Waals surface area contributed by atoms with Crippen molar-refractivity contribution in [2.75, 3.05) is 5.32 Å². The molecule has 2 amide bonds. The number of imidazole rings is 1. The maximum atomic E-state index is 12.2. The van der Waals surface area contributed by atoms with Crippen LogP contribution in [0, 0.1) is 0 Å². The highest BCUT2D eigenvalue weighted by Crippen LogP contribution is 2.23. The Balaban J connectivity index is 2.03. The summed E-state index contributed by atoms with van der Waals surface area (Å²) in [5.41, 5.74) is 0. The zero-order valence-corrected chi connectivity index (χ0v) is 12.1. The lowest BCUT2D eigenvalue weighted by Gasteiger charge is -2.13. The van der Waals surface area contributed by atoms with Crippen molar-refractivity contribution in [3.63, 3.8) is 0 Å². The normalized spacial score (nSPS) is 11.9. The van der Waals surface area contributed by atoms with Crippen molar-refractivity contribution in [1.29, 1.82) is 0 Å². The van der Waals surface area contributed by atoms with Crippen molar-refractivity contribution >= 4 is 28.2 Å². The molecule has 6 nitrogen and oxygen atoms in total. The van der Waals surface area contributed by atoms with Gasteiger partial charge in [-0.05, 0) is 18.6 Å². The third-order valence-electron chi connectivity index (χ3n) is 2.69. The van der Waals surface area contributed by atoms with Gasteiger partial charge in [0.25, 0.3) is 5.91 Å². The van der Waals surface area contributed by atoms with Gasteiger partial charge in [-0.3, -0.25) is 9.59 Å². The van der Waals surface area contributed by atoms with Gasteiger partial charge >= 0.3 is 0 Å². The molecule has 0 saturated carbocycles. The van der Waals surface area contributed by atoms with E-state index in [4.69, 9.17) is 0 Å². The Hall–Kier alpha value is -2.15. The summed E-state index contributed by atoms with van der Waals surface area (Å²) < 4.78 is 0. The summed E-state index contributed by atoms with van der Waals surface area (Å²) >= 11 is 1.24. The fraction of sp³-hybridized carbons (Fsp3) is 0.308. The predicted molar refractivity (Wildman–Crippen MR) is 77.7 cm³/mol. The number of thiophene rings is 1. The first-order valence-electron chi connectivity index (χ1n) is 6.27. The fourth-order valence-corrected chi connectivity index (χ4v) is 2.62. The first-order valence-corrected chi connectivity index (χ1v) is 7.09. The van der Waals surface area contributed by atoms with E-state index in [1.807, 2.05) is 6.92 Å². The Bertz CT molecular complexity index is 591. The van der Waals surface area contributed by atoms with Gasteiger partial charge in [-0.15, -0.1) is 11.3 Å². The number of carbonyl (C=O) groups excluding carboxylic acids is 2. The molecule has 0 spiro atoms. The van der Waals surface area contributed by atoms with E-state index in [1.54, 1.807) is 24.5 Å². The average Bonchev–Trinajstić information content (AvgIpc) is 3.05. The number of aromatic nitrogens is 2. The van der Waals surface area contributed by atoms with Crippen LogP contribution >= 0.6 is 11.3 Å². The number of anilines is 1. The van der Waals surface area contributed by atoms with Crippen molar-refractivity contribution in [3.8, 4) is 0 Å². The van der Waals surface area contributed by atoms with E-state index in [2.05, 4.69) is 20.6 Å². The minimum absolute atomic E-state index is 0.149. The molecule has 20 heavy (non-hydrogen) atoms. The fourth-order valence-electron chi connectivity index (χ4n) is 1.76. The molecule has 2 aromatic heterocycles. The van der Waals surface area contributed by atoms with Crippen LogP contribution in [-0.4, -0.2) is 21.8 Å². The average molecular weight is 292 g/mol. The maximum absolute atomic E-state index is 12.2. The van der Waals surface area contributed by atoms with E-state index in [0.717, 1.165) is 12.2 Å². The Kier molecular flexibility index (Phi) is 4.52. The summed E-state index contributed by atoms with van der Waals surface area (Å²) in [5, 5.41) is 6.23. The molecule has 0 aliphatic rings. The van der Waals surface area contributed by atoms with Crippen LogP contribution < -0.4 is 10.6 Å². The highest BCUT2D eigenvalue weighted by atomic mass is 32.1. The van der Waals surface area contributed by atoms with Gasteiger partial charge in [-0.2, -0.15) is 0 Å². The molecule has 0 radical (unpaired) electrons. The molecule has 2 rings (SSSR count). The molecule has 0 bridgehead atoms. The minimum Gasteiger partial charge on any atom is -0.347 e. The number of H-pyrrole nitrogens is 1. The van der Waals surface area contributed by atoms with Crippen molar-refractivity contribution in [2.24, 2.45) is 0 Å². The van der Waals surface area contributed by atoms with E-state index in [9.17, 15) is 9.59 Å². The summed E-state index contributed by atoms with van der Waals surface area (Å²) in [5.74, 6) is 0.412. The lowest BCUT2D eigenvalue weighted by molar-refractivity contribution is -0.114. The Morgan fingerprint density at radius 2 is 2.25 bits per heavy atom. The van der Waals surface area contributed by atoms with Gasteiger partial charge < -0.3 is 15.6 Å². The molecular formula is C13H16N4O2S. The van der Waals surface area contributed by atoms with Gasteiger partial charge in [-0.1, -0.05) is 6.92 Å². The van der Waals surface area contributed by atoms with Gasteiger partial charge in [0, 0.05) is 19.3 Å². The molecule has 0 fully saturated rings. The summed E-state index contributed by atoms with van der Waals surface area (Å²) in [6, 6.07) is 3.26. The number of hydrogen-bond donors (Lipinski definition) is 3. The first-order chi connectivity index (χ1) is 9.60. The van der Waals surface area contributed by atoms with Crippen LogP contribution in [0.25, 0.3) is 0 Å². The SMILES string of the molecule is CCC(NC(=O)c1ccc(NC(C)=O)s1)c1ncc[nH]1. The number of amides is 2. The summed E-state index contributed by atoms with van der Waals surface area (Å²) in [4.78, 5) is 30.8. The maximum Gasteiger partial charge on any atom is 0.262 e. The monoisotopic (exact) mass is 292 g/mol. The van der Waals surface area contributed by atoms with E-state index in [1.165, 1.54) is 18.3 Å². The summed E-state index contributed by atoms with van der Waals surface area (Å²) in [6.45, 7) is 3.41. The van der Waals surface area contributed by atoms with Crippen molar-refractivity contribution in [1.82, 2.24) is 15.3 Å². The third kappa shape index (κ3) is 3.45. The van der Waals surface area contributed by atoms with Gasteiger partial charge in [0.15, 0.2) is 0 Å². The smallest absolute Gasteiger partial charge is 0.262 e. The van der Waals surface area contributed by atoms with Crippen LogP contribution in [-0.2, 0) is 4.79 Å². The Morgan fingerprint density at radius 1 is 1.45 bits per heavy atom. The minimum atomic E-state index is -0.171. The van der Waals surface area contributed by atoms with Crippen LogP contribution in [0.15, 0.2) is 24.5 Å². The van der Waals surface area contributed by atoms with Crippen molar-refractivity contribution in [3.05, 3.63) is 35.2 Å². The second-order valence-electron chi connectivity index (χ2n) is 4.25. The highest BCUT2D eigenvalue weighted by molar-refractivity contribution is 7.18. The molecule has 7 heteroatoms. The molecule has 2 aromatic rings. The predicted octanol–water partition coefficient (Wildman–Crippen LogP) is 2.31. The van der Waals surface area contributed by atoms with Crippen LogP contribution in [0.5, 0.6) is 0 Å². The third-order valence-corrected chi connectivity index (χ3v) is 3.69. The quantitative estimate of drug-likeness (QED) is 0.790. The van der Waals surface area contributed by atoms with E-state index < -0.39 is 0 Å². The number of nitrogens with one attached hydrogen (secondary N) is 3. The van der Waals surface area contributed by atoms with Crippen LogP contribution in [0.3, 0.4) is 0 Å². The molecule has 1 unspecified atom stereocenters. The first kappa shape index (κ1) is 14.3. The largest absolute Gasteiger partial charge is 0.347 e. The molecule has 0 aliphatic heterocycles. The molecule has 0 aromatic carbocycles. The van der Waals surface area contributed by atoms with Gasteiger partial charge in [0.2, 0.25) is 5.91 Å². The highest BCUT2D eigenvalue weighted by Gasteiger charge is 2.17. The second kappa shape index (κ2) is 6.33. The molecule has 0 saturated heterocycles. The standard InChI is InChI=1S/C13H16N4O2S/c1-3-9(12-14-6-7-15-12)17-13(19)10-4-5-11(20-10)16-8(2)18/h4-7,9H,3H2,1-2H3,(H,14,15)(H,16,18)(H,17,19). The number of rotatable bonds is 5. The molecule has 1 atom stereocenters. The van der Waals surface area contributed by atoms with Gasteiger partial charge in [0.1, 0.15) is 5.82 Å². The zero-order valence-electron chi connectivity index (χ0n) is 11.3. The topological polar surface area (TPSA) is 86.9 Å². The molecule has 0 aliphatic carbocycles. The second-order valence-corrected chi connectivity index (χ2v) is 5.34. The Labute approximate surface area is 120 Å². The summed E-state index contributed by atoms with van der Waals surface area (Å²) in [7, 11) is 0. The van der Waals surface area contributed by atoms with E-state index in [-0.39, 0.29) is 17.9 Å². The summed E-state index contributed by atoms with van der Waals surface area (Å²) in [6.07, 6.45) is 4.12. The zero-order chi connectivity index (χ0) is 14.5. The number of nitrogens with zero attached hydrogens (tertiary/aromatic N) is 1. The number of hydrogen-bond acceptors (Lipinski definition) is 4. The van der Waals surface area contributed by atoms with Crippen LogP contribution in [0.2, 0.25) is 0 Å². The molecule has 3 N–H and O–H groups in total. The number of aromatic amines is 1. The van der Waals surface area contributed by atoms with E-state index >= 15 is 0 Å². The molecule has 2 heterocycles.